The van der Waals surface area contributed by atoms with Crippen molar-refractivity contribution in [2.24, 2.45) is 0 Å². The Morgan fingerprint density at radius 1 is 0.867 bits per heavy atom. The van der Waals surface area contributed by atoms with Gasteiger partial charge in [-0.1, -0.05) is 65.2 Å². The first-order chi connectivity index (χ1) is 6.91. The number of alkyl halides is 3. The van der Waals surface area contributed by atoms with Crippen LogP contribution < -0.4 is 0 Å². The minimum atomic E-state index is -4.25. The van der Waals surface area contributed by atoms with Gasteiger partial charge in [0.25, 0.3) is 0 Å². The van der Waals surface area contributed by atoms with E-state index in [-0.39, 0.29) is 0 Å². The van der Waals surface area contributed by atoms with Crippen LogP contribution in [0.4, 0.5) is 13.2 Å². The van der Waals surface area contributed by atoms with Crippen LogP contribution in [0.25, 0.3) is 0 Å². The van der Waals surface area contributed by atoms with Crippen molar-refractivity contribution in [3.63, 3.8) is 0 Å². The molecule has 0 aliphatic heterocycles. The zero-order valence-corrected chi connectivity index (χ0v) is 9.70. The van der Waals surface area contributed by atoms with Crippen molar-refractivity contribution < 1.29 is 13.2 Å². The summed E-state index contributed by atoms with van der Waals surface area (Å²) >= 11 is 0. The van der Waals surface area contributed by atoms with E-state index in [1.165, 1.54) is 44.9 Å². The highest BCUT2D eigenvalue weighted by Crippen LogP contribution is 2.09. The van der Waals surface area contributed by atoms with E-state index in [0.29, 0.717) is 0 Å². The van der Waals surface area contributed by atoms with E-state index >= 15 is 0 Å². The SMILES string of the molecule is [CH2]C(F)(F)F.[CH2]CCCCCCCCC. The van der Waals surface area contributed by atoms with Gasteiger partial charge >= 0.3 is 6.18 Å². The fourth-order valence-corrected chi connectivity index (χ4v) is 1.13. The van der Waals surface area contributed by atoms with Crippen molar-refractivity contribution in [3.8, 4) is 0 Å². The molecule has 0 amide bonds. The van der Waals surface area contributed by atoms with Gasteiger partial charge in [0.05, 0.1) is 6.92 Å². The number of hydrogen-bond acceptors (Lipinski definition) is 0. The maximum Gasteiger partial charge on any atom is 0.389 e. The smallest absolute Gasteiger partial charge is 0.171 e. The lowest BCUT2D eigenvalue weighted by atomic mass is 10.1. The molecule has 0 unspecified atom stereocenters. The van der Waals surface area contributed by atoms with Crippen LogP contribution in [0.5, 0.6) is 0 Å². The Labute approximate surface area is 92.3 Å². The molecule has 0 N–H and O–H groups in total. The molecule has 0 bridgehead atoms. The second-order valence-electron chi connectivity index (χ2n) is 3.59. The van der Waals surface area contributed by atoms with Gasteiger partial charge in [0.1, 0.15) is 0 Å². The predicted molar refractivity (Wildman–Crippen MR) is 59.4 cm³/mol. The lowest BCUT2D eigenvalue weighted by Crippen LogP contribution is -1.96. The summed E-state index contributed by atoms with van der Waals surface area (Å²) in [6, 6.07) is 0. The van der Waals surface area contributed by atoms with E-state index in [1.54, 1.807) is 6.92 Å². The largest absolute Gasteiger partial charge is 0.389 e. The standard InChI is InChI=1S/C10H21.C2H2F3/c1-3-5-7-9-10-8-6-4-2;1-2(3,4)5/h1,3-10H2,2H3;1H2. The average molecular weight is 224 g/mol. The van der Waals surface area contributed by atoms with E-state index in [9.17, 15) is 13.2 Å². The summed E-state index contributed by atoms with van der Waals surface area (Å²) in [5.41, 5.74) is 0. The fourth-order valence-electron chi connectivity index (χ4n) is 1.13. The van der Waals surface area contributed by atoms with Gasteiger partial charge in [-0.2, -0.15) is 13.2 Å². The number of halogens is 3. The molecule has 0 aliphatic rings. The zero-order chi connectivity index (χ0) is 12.2. The van der Waals surface area contributed by atoms with Crippen molar-refractivity contribution in [3.05, 3.63) is 13.8 Å². The molecule has 0 spiro atoms. The zero-order valence-electron chi connectivity index (χ0n) is 9.70. The fraction of sp³-hybridized carbons (Fsp3) is 0.833. The molecule has 0 rings (SSSR count). The van der Waals surface area contributed by atoms with E-state index in [2.05, 4.69) is 13.8 Å². The molecule has 0 nitrogen and oxygen atoms in total. The molecule has 0 aromatic rings. The normalized spacial score (nSPS) is 10.8. The Morgan fingerprint density at radius 3 is 1.53 bits per heavy atom. The first-order valence-corrected chi connectivity index (χ1v) is 5.63. The van der Waals surface area contributed by atoms with Crippen LogP contribution in [-0.4, -0.2) is 6.18 Å². The number of hydrogen-bond donors (Lipinski definition) is 0. The molecule has 3 heteroatoms. The van der Waals surface area contributed by atoms with Gasteiger partial charge in [0.2, 0.25) is 0 Å². The van der Waals surface area contributed by atoms with Crippen molar-refractivity contribution >= 4 is 0 Å². The number of unbranched alkanes of at least 4 members (excludes halogenated alkanes) is 7. The third kappa shape index (κ3) is 41.6. The summed E-state index contributed by atoms with van der Waals surface area (Å²) in [5.74, 6) is 0. The monoisotopic (exact) mass is 224 g/mol. The molecule has 0 aliphatic carbocycles. The summed E-state index contributed by atoms with van der Waals surface area (Å²) in [6.45, 7) is 7.85. The summed E-state index contributed by atoms with van der Waals surface area (Å²) in [4.78, 5) is 0. The molecular weight excluding hydrogens is 201 g/mol. The Balaban J connectivity index is 0. The van der Waals surface area contributed by atoms with Gasteiger partial charge in [0, 0.05) is 0 Å². The predicted octanol–water partition coefficient (Wildman–Crippen LogP) is 5.34. The van der Waals surface area contributed by atoms with Crippen LogP contribution in [0.3, 0.4) is 0 Å². The lowest BCUT2D eigenvalue weighted by molar-refractivity contribution is -0.0829. The summed E-state index contributed by atoms with van der Waals surface area (Å²) in [5, 5.41) is 0. The summed E-state index contributed by atoms with van der Waals surface area (Å²) < 4.78 is 30.7. The van der Waals surface area contributed by atoms with Crippen LogP contribution >= 0.6 is 0 Å². The van der Waals surface area contributed by atoms with E-state index in [0.717, 1.165) is 6.42 Å². The summed E-state index contributed by atoms with van der Waals surface area (Å²) in [6.07, 6.45) is 6.67. The quantitative estimate of drug-likeness (QED) is 0.512. The maximum atomic E-state index is 10.2. The van der Waals surface area contributed by atoms with Gasteiger partial charge in [0.15, 0.2) is 0 Å². The molecule has 0 saturated heterocycles. The van der Waals surface area contributed by atoms with Crippen LogP contribution in [0.2, 0.25) is 0 Å². The Hall–Kier alpha value is -0.210. The number of rotatable bonds is 7. The third-order valence-corrected chi connectivity index (χ3v) is 1.85. The molecule has 0 atom stereocenters. The van der Waals surface area contributed by atoms with Crippen molar-refractivity contribution in [1.82, 2.24) is 0 Å². The minimum absolute atomic E-state index is 1.12. The van der Waals surface area contributed by atoms with Crippen LogP contribution in [0.15, 0.2) is 0 Å². The van der Waals surface area contributed by atoms with Gasteiger partial charge in [-0.25, -0.2) is 0 Å². The Kier molecular flexibility index (Phi) is 13.6. The molecule has 0 saturated carbocycles. The van der Waals surface area contributed by atoms with E-state index in [4.69, 9.17) is 0 Å². The first kappa shape index (κ1) is 17.2. The molecule has 0 aromatic heterocycles. The second-order valence-corrected chi connectivity index (χ2v) is 3.59. The van der Waals surface area contributed by atoms with Crippen LogP contribution in [-0.2, 0) is 0 Å². The molecule has 0 fully saturated rings. The molecule has 0 heterocycles. The van der Waals surface area contributed by atoms with Gasteiger partial charge < -0.3 is 0 Å². The highest BCUT2D eigenvalue weighted by molar-refractivity contribution is 4.46. The average Bonchev–Trinajstić information content (AvgIpc) is 2.08. The highest BCUT2D eigenvalue weighted by atomic mass is 19.4. The Bertz CT molecular complexity index is 93.9. The first-order valence-electron chi connectivity index (χ1n) is 5.63. The van der Waals surface area contributed by atoms with Gasteiger partial charge in [-0.3, -0.25) is 0 Å². The molecule has 0 aromatic carbocycles. The van der Waals surface area contributed by atoms with Crippen molar-refractivity contribution in [1.29, 1.82) is 0 Å². The van der Waals surface area contributed by atoms with Crippen LogP contribution in [0, 0.1) is 13.8 Å². The minimum Gasteiger partial charge on any atom is -0.171 e. The summed E-state index contributed by atoms with van der Waals surface area (Å²) in [7, 11) is 0. The van der Waals surface area contributed by atoms with Gasteiger partial charge in [-0.05, 0) is 0 Å². The third-order valence-electron chi connectivity index (χ3n) is 1.85. The molecule has 2 radical (unpaired) electrons. The molecule has 15 heavy (non-hydrogen) atoms. The van der Waals surface area contributed by atoms with Crippen LogP contribution in [0.1, 0.15) is 58.3 Å². The second kappa shape index (κ2) is 11.9. The molecule has 92 valence electrons. The topological polar surface area (TPSA) is 0 Å². The van der Waals surface area contributed by atoms with Crippen molar-refractivity contribution in [2.75, 3.05) is 0 Å². The van der Waals surface area contributed by atoms with E-state index in [1.807, 2.05) is 0 Å². The maximum absolute atomic E-state index is 10.2. The van der Waals surface area contributed by atoms with Gasteiger partial charge in [-0.15, -0.1) is 0 Å². The highest BCUT2D eigenvalue weighted by Gasteiger charge is 2.16. The lowest BCUT2D eigenvalue weighted by Gasteiger charge is -1.97. The van der Waals surface area contributed by atoms with Crippen molar-refractivity contribution in [2.45, 2.75) is 64.5 Å². The van der Waals surface area contributed by atoms with E-state index < -0.39 is 6.18 Å². The Morgan fingerprint density at radius 2 is 1.20 bits per heavy atom. The molecular formula is C12H23F3.